The molecule has 6 aromatic carbocycles. The molecule has 6 heteroatoms. The Hall–Kier alpha value is -5.88. The second-order valence-electron chi connectivity index (χ2n) is 20.2. The van der Waals surface area contributed by atoms with E-state index >= 15 is 0 Å². The third kappa shape index (κ3) is 10.2. The average Bonchev–Trinajstić information content (AvgIpc) is 3.18. The molecular formula is C55H64O6. The smallest absolute Gasteiger partial charge is 0.115 e. The zero-order chi connectivity index (χ0) is 44.4. The molecule has 0 aliphatic carbocycles. The quantitative estimate of drug-likeness (QED) is 0.0578. The third-order valence-electron chi connectivity index (χ3n) is 13.6. The van der Waals surface area contributed by atoms with Gasteiger partial charge in [-0.15, -0.1) is 0 Å². The molecule has 6 rings (SSSR count). The predicted octanol–water partition coefficient (Wildman–Crippen LogP) is 13.0. The van der Waals surface area contributed by atoms with Crippen LogP contribution in [0.1, 0.15) is 121 Å². The normalized spacial score (nSPS) is 16.1. The van der Waals surface area contributed by atoms with Gasteiger partial charge < -0.3 is 30.6 Å². The van der Waals surface area contributed by atoms with E-state index in [1.54, 1.807) is 72.8 Å². The van der Waals surface area contributed by atoms with Crippen LogP contribution in [0, 0.1) is 0 Å². The predicted molar refractivity (Wildman–Crippen MR) is 247 cm³/mol. The van der Waals surface area contributed by atoms with E-state index in [0.29, 0.717) is 19.3 Å². The van der Waals surface area contributed by atoms with Crippen LogP contribution in [-0.4, -0.2) is 30.6 Å². The van der Waals surface area contributed by atoms with Crippen molar-refractivity contribution in [3.8, 4) is 34.5 Å². The lowest BCUT2D eigenvalue weighted by Gasteiger charge is -2.50. The Morgan fingerprint density at radius 3 is 0.557 bits per heavy atom. The highest BCUT2D eigenvalue weighted by Crippen LogP contribution is 2.55. The van der Waals surface area contributed by atoms with Gasteiger partial charge in [-0.1, -0.05) is 128 Å². The molecule has 6 nitrogen and oxygen atoms in total. The highest BCUT2D eigenvalue weighted by Gasteiger charge is 2.48. The Morgan fingerprint density at radius 1 is 0.230 bits per heavy atom. The maximum atomic E-state index is 10.6. The molecule has 0 radical (unpaired) electrons. The first-order chi connectivity index (χ1) is 28.5. The molecule has 0 bridgehead atoms. The van der Waals surface area contributed by atoms with Gasteiger partial charge in [0, 0.05) is 0 Å². The molecule has 0 aromatic heterocycles. The minimum Gasteiger partial charge on any atom is -0.508 e. The monoisotopic (exact) mass is 820 g/mol. The summed E-state index contributed by atoms with van der Waals surface area (Å²) in [6.07, 6.45) is 3.55. The van der Waals surface area contributed by atoms with E-state index in [1.807, 2.05) is 72.8 Å². The Labute approximate surface area is 362 Å². The van der Waals surface area contributed by atoms with E-state index in [9.17, 15) is 30.6 Å². The summed E-state index contributed by atoms with van der Waals surface area (Å²) in [6.45, 7) is 18.3. The van der Waals surface area contributed by atoms with Crippen LogP contribution in [0.3, 0.4) is 0 Å². The second-order valence-corrected chi connectivity index (χ2v) is 20.2. The zero-order valence-corrected chi connectivity index (χ0v) is 37.1. The second kappa shape index (κ2) is 16.9. The number of benzene rings is 6. The zero-order valence-electron chi connectivity index (χ0n) is 37.1. The van der Waals surface area contributed by atoms with Crippen LogP contribution < -0.4 is 0 Å². The van der Waals surface area contributed by atoms with Crippen LogP contribution in [-0.2, 0) is 32.5 Å². The van der Waals surface area contributed by atoms with E-state index in [2.05, 4.69) is 55.4 Å². The minimum atomic E-state index is -0.527. The lowest BCUT2D eigenvalue weighted by molar-refractivity contribution is 0.173. The van der Waals surface area contributed by atoms with Gasteiger partial charge in [-0.05, 0) is 171 Å². The Morgan fingerprint density at radius 2 is 0.377 bits per heavy atom. The van der Waals surface area contributed by atoms with Crippen molar-refractivity contribution in [2.24, 2.45) is 0 Å². The molecule has 0 amide bonds. The van der Waals surface area contributed by atoms with Gasteiger partial charge in [0.05, 0.1) is 0 Å². The van der Waals surface area contributed by atoms with Gasteiger partial charge in [0.1, 0.15) is 34.5 Å². The molecule has 0 aliphatic rings. The lowest BCUT2D eigenvalue weighted by Crippen LogP contribution is -2.45. The topological polar surface area (TPSA) is 121 Å². The third-order valence-corrected chi connectivity index (χ3v) is 13.6. The molecular weight excluding hydrogens is 757 g/mol. The first kappa shape index (κ1) is 44.7. The summed E-state index contributed by atoms with van der Waals surface area (Å²) in [6, 6.07) is 45.4. The van der Waals surface area contributed by atoms with Crippen molar-refractivity contribution in [1.29, 1.82) is 0 Å². The number of hydrogen-bond donors (Lipinski definition) is 6. The molecule has 0 heterocycles. The Balaban J connectivity index is 1.54. The molecule has 0 aliphatic heterocycles. The fourth-order valence-electron chi connectivity index (χ4n) is 11.1. The maximum absolute atomic E-state index is 10.6. The fourth-order valence-corrected chi connectivity index (χ4v) is 11.1. The van der Waals surface area contributed by atoms with E-state index in [0.717, 1.165) is 46.2 Å². The van der Waals surface area contributed by atoms with Crippen molar-refractivity contribution in [1.82, 2.24) is 0 Å². The van der Waals surface area contributed by atoms with E-state index in [-0.39, 0.29) is 45.3 Å². The molecule has 6 N–H and O–H groups in total. The number of aromatic hydroxyl groups is 6. The summed E-state index contributed by atoms with van der Waals surface area (Å²) in [5, 5.41) is 62.6. The fraction of sp³-hybridized carbons (Fsp3) is 0.345. The lowest BCUT2D eigenvalue weighted by atomic mass is 9.54. The first-order valence-corrected chi connectivity index (χ1v) is 21.3. The number of phenolic OH excluding ortho intramolecular Hbond substituents is 6. The Kier molecular flexibility index (Phi) is 12.4. The number of hydrogen-bond acceptors (Lipinski definition) is 6. The van der Waals surface area contributed by atoms with Gasteiger partial charge in [-0.2, -0.15) is 0 Å². The van der Waals surface area contributed by atoms with Crippen LogP contribution in [0.4, 0.5) is 0 Å². The summed E-state index contributed by atoms with van der Waals surface area (Å²) in [5.41, 5.74) is 3.95. The van der Waals surface area contributed by atoms with Crippen molar-refractivity contribution in [2.45, 2.75) is 120 Å². The molecule has 0 fully saturated rings. The molecule has 6 aromatic rings. The van der Waals surface area contributed by atoms with Gasteiger partial charge in [0.15, 0.2) is 0 Å². The standard InChI is InChI=1S/C55H64O6/c1-50(2,38-9-21-44(56)22-10-38)33-52(5,40-13-25-46(58)26-14-40)35-54(7,42-17-29-48(60)30-18-42)37-55(8,43-19-31-49(61)32-20-43)36-53(6,41-15-27-47(59)28-16-41)34-51(3,4)39-11-23-45(57)24-12-39/h9-32,56-61H,33-37H2,1-8H3. The molecule has 0 spiro atoms. The summed E-state index contributed by atoms with van der Waals surface area (Å²) < 4.78 is 0. The van der Waals surface area contributed by atoms with Crippen molar-refractivity contribution in [3.63, 3.8) is 0 Å². The summed E-state index contributed by atoms with van der Waals surface area (Å²) >= 11 is 0. The molecule has 0 saturated heterocycles. The molecule has 4 atom stereocenters. The van der Waals surface area contributed by atoms with Gasteiger partial charge in [0.2, 0.25) is 0 Å². The van der Waals surface area contributed by atoms with Gasteiger partial charge in [-0.3, -0.25) is 0 Å². The Bertz CT molecular complexity index is 2200. The molecule has 0 saturated carbocycles. The SMILES string of the molecule is CC(C)(CC(C)(CC(C)(CC(C)(CC(C)(CC(C)(C)c1ccc(O)cc1)c1ccc(O)cc1)c1ccc(O)cc1)c1ccc(O)cc1)c1ccc(O)cc1)c1ccc(O)cc1. The maximum Gasteiger partial charge on any atom is 0.115 e. The summed E-state index contributed by atoms with van der Waals surface area (Å²) in [4.78, 5) is 0. The highest BCUT2D eigenvalue weighted by molar-refractivity contribution is 5.42. The first-order valence-electron chi connectivity index (χ1n) is 21.3. The summed E-state index contributed by atoms with van der Waals surface area (Å²) in [5.74, 6) is 1.24. The number of rotatable bonds is 16. The summed E-state index contributed by atoms with van der Waals surface area (Å²) in [7, 11) is 0. The van der Waals surface area contributed by atoms with Crippen LogP contribution in [0.5, 0.6) is 34.5 Å². The van der Waals surface area contributed by atoms with Crippen LogP contribution in [0.15, 0.2) is 146 Å². The van der Waals surface area contributed by atoms with Gasteiger partial charge >= 0.3 is 0 Å². The van der Waals surface area contributed by atoms with E-state index in [4.69, 9.17) is 0 Å². The van der Waals surface area contributed by atoms with Crippen LogP contribution in [0.2, 0.25) is 0 Å². The van der Waals surface area contributed by atoms with Crippen LogP contribution >= 0.6 is 0 Å². The molecule has 61 heavy (non-hydrogen) atoms. The van der Waals surface area contributed by atoms with E-state index < -0.39 is 21.7 Å². The average molecular weight is 821 g/mol. The minimum absolute atomic E-state index is 0.193. The van der Waals surface area contributed by atoms with Crippen molar-refractivity contribution >= 4 is 0 Å². The van der Waals surface area contributed by atoms with Crippen LogP contribution in [0.25, 0.3) is 0 Å². The molecule has 4 unspecified atom stereocenters. The van der Waals surface area contributed by atoms with Gasteiger partial charge in [-0.25, -0.2) is 0 Å². The number of phenols is 6. The largest absolute Gasteiger partial charge is 0.508 e. The van der Waals surface area contributed by atoms with Crippen molar-refractivity contribution in [2.75, 3.05) is 0 Å². The molecule has 320 valence electrons. The van der Waals surface area contributed by atoms with Crippen molar-refractivity contribution < 1.29 is 30.6 Å². The highest BCUT2D eigenvalue weighted by atomic mass is 16.3. The van der Waals surface area contributed by atoms with Crippen molar-refractivity contribution in [3.05, 3.63) is 179 Å². The van der Waals surface area contributed by atoms with Gasteiger partial charge in [0.25, 0.3) is 0 Å². The van der Waals surface area contributed by atoms with E-state index in [1.165, 1.54) is 0 Å².